The highest BCUT2D eigenvalue weighted by Gasteiger charge is 2.71. The summed E-state index contributed by atoms with van der Waals surface area (Å²) in [5.74, 6) is -1.43. The fourth-order valence-corrected chi connectivity index (χ4v) is 8.27. The van der Waals surface area contributed by atoms with E-state index >= 15 is 4.79 Å². The highest BCUT2D eigenvalue weighted by atomic mass is 35.5. The maximum Gasteiger partial charge on any atom is 0.340 e. The van der Waals surface area contributed by atoms with E-state index in [2.05, 4.69) is 39.4 Å². The van der Waals surface area contributed by atoms with Crippen LogP contribution in [0.5, 0.6) is 0 Å². The average molecular weight is 710 g/mol. The second-order valence-corrected chi connectivity index (χ2v) is 13.6. The lowest BCUT2D eigenvalue weighted by atomic mass is 9.86. The number of aromatic nitrogens is 3. The van der Waals surface area contributed by atoms with Gasteiger partial charge in [0.15, 0.2) is 5.66 Å². The van der Waals surface area contributed by atoms with E-state index in [0.29, 0.717) is 28.5 Å². The monoisotopic (exact) mass is 708 g/mol. The minimum Gasteiger partial charge on any atom is -0.341 e. The van der Waals surface area contributed by atoms with Gasteiger partial charge in [-0.05, 0) is 37.1 Å². The number of urea groups is 1. The first-order valence-corrected chi connectivity index (χ1v) is 17.5. The molecular weight excluding hydrogens is 667 g/mol. The number of halogens is 2. The van der Waals surface area contributed by atoms with Crippen LogP contribution >= 0.6 is 23.2 Å². The van der Waals surface area contributed by atoms with E-state index in [4.69, 9.17) is 37.5 Å². The first kappa shape index (κ1) is 34.1. The topological polar surface area (TPSA) is 100 Å². The van der Waals surface area contributed by atoms with Crippen molar-refractivity contribution in [2.45, 2.75) is 62.5 Å². The summed E-state index contributed by atoms with van der Waals surface area (Å²) in [6.07, 6.45) is 11.9. The summed E-state index contributed by atoms with van der Waals surface area (Å²) in [7, 11) is 1.60. The number of rotatable bonds is 10. The van der Waals surface area contributed by atoms with Gasteiger partial charge in [0.05, 0.1) is 18.7 Å². The van der Waals surface area contributed by atoms with Gasteiger partial charge in [0.25, 0.3) is 0 Å². The highest BCUT2D eigenvalue weighted by molar-refractivity contribution is 6.35. The van der Waals surface area contributed by atoms with Gasteiger partial charge in [-0.3, -0.25) is 14.6 Å². The zero-order chi connectivity index (χ0) is 34.2. The van der Waals surface area contributed by atoms with Crippen molar-refractivity contribution in [3.05, 3.63) is 107 Å². The van der Waals surface area contributed by atoms with Gasteiger partial charge in [-0.25, -0.2) is 19.5 Å². The fourth-order valence-electron chi connectivity index (χ4n) is 7.71. The van der Waals surface area contributed by atoms with E-state index in [-0.39, 0.29) is 25.2 Å². The van der Waals surface area contributed by atoms with Crippen LogP contribution in [0.3, 0.4) is 0 Å². The molecule has 2 aromatic carbocycles. The number of nitrogens with one attached hydrogen (secondary N) is 1. The van der Waals surface area contributed by atoms with Crippen molar-refractivity contribution in [2.24, 2.45) is 0 Å². The van der Waals surface area contributed by atoms with Gasteiger partial charge in [0, 0.05) is 49.2 Å². The number of amides is 2. The third-order valence-electron chi connectivity index (χ3n) is 10.1. The van der Waals surface area contributed by atoms with Crippen LogP contribution in [0.25, 0.3) is 0 Å². The van der Waals surface area contributed by atoms with Crippen molar-refractivity contribution in [3.63, 3.8) is 0 Å². The summed E-state index contributed by atoms with van der Waals surface area (Å²) in [5, 5.41) is 12.2. The minimum absolute atomic E-state index is 0.0811. The van der Waals surface area contributed by atoms with Gasteiger partial charge in [-0.2, -0.15) is 5.10 Å². The Labute approximate surface area is 296 Å². The van der Waals surface area contributed by atoms with Crippen LogP contribution in [0.15, 0.2) is 85.5 Å². The third kappa shape index (κ3) is 5.59. The van der Waals surface area contributed by atoms with Gasteiger partial charge in [-0.1, -0.05) is 89.9 Å². The number of hydrogen-bond donors (Lipinski definition) is 1. The van der Waals surface area contributed by atoms with Crippen LogP contribution in [0.2, 0.25) is 10.0 Å². The molecule has 5 atom stereocenters. The fraction of sp³-hybridized carbons (Fsp3) is 0.457. The van der Waals surface area contributed by atoms with E-state index in [9.17, 15) is 0 Å². The number of carbonyl (C=O) groups excluding carboxylic acids is 1. The summed E-state index contributed by atoms with van der Waals surface area (Å²) < 4.78 is 15.8. The predicted molar refractivity (Wildman–Crippen MR) is 185 cm³/mol. The molecule has 4 heterocycles. The van der Waals surface area contributed by atoms with E-state index in [0.717, 1.165) is 31.7 Å². The normalized spacial score (nSPS) is 30.1. The molecule has 3 fully saturated rings. The molecule has 3 aromatic rings. The molecule has 0 bridgehead atoms. The Hall–Kier alpha value is -3.33. The van der Waals surface area contributed by atoms with Crippen LogP contribution in [-0.4, -0.2) is 98.5 Å². The minimum atomic E-state index is -1.43. The van der Waals surface area contributed by atoms with Crippen molar-refractivity contribution >= 4 is 29.2 Å². The Morgan fingerprint density at radius 3 is 2.57 bits per heavy atom. The molecule has 260 valence electrons. The first-order chi connectivity index (χ1) is 23.8. The number of hydrogen-bond acceptors (Lipinski definition) is 9. The Kier molecular flexibility index (Phi) is 9.59. The van der Waals surface area contributed by atoms with E-state index in [1.165, 1.54) is 6.33 Å². The van der Waals surface area contributed by atoms with Crippen LogP contribution in [-0.2, 0) is 32.3 Å². The molecule has 14 heteroatoms. The molecule has 49 heavy (non-hydrogen) atoms. The molecular formula is C35H42Cl2N8O4. The van der Waals surface area contributed by atoms with Gasteiger partial charge in [0.2, 0.25) is 5.79 Å². The maximum absolute atomic E-state index is 15.4. The van der Waals surface area contributed by atoms with Gasteiger partial charge in [0.1, 0.15) is 31.0 Å². The van der Waals surface area contributed by atoms with Crippen molar-refractivity contribution < 1.29 is 19.1 Å². The highest BCUT2D eigenvalue weighted by Crippen LogP contribution is 2.55. The van der Waals surface area contributed by atoms with E-state index in [1.807, 2.05) is 60.4 Å². The van der Waals surface area contributed by atoms with Gasteiger partial charge in [-0.15, -0.1) is 0 Å². The molecule has 5 unspecified atom stereocenters. The van der Waals surface area contributed by atoms with E-state index < -0.39 is 23.2 Å². The summed E-state index contributed by atoms with van der Waals surface area (Å²) in [6, 6.07) is 14.8. The molecule has 2 amide bonds. The number of benzene rings is 2. The third-order valence-corrected chi connectivity index (χ3v) is 10.7. The molecule has 0 radical (unpaired) electrons. The molecule has 4 aliphatic rings. The lowest BCUT2D eigenvalue weighted by Gasteiger charge is -2.56. The Morgan fingerprint density at radius 1 is 1.12 bits per heavy atom. The van der Waals surface area contributed by atoms with Crippen molar-refractivity contribution in [3.8, 4) is 0 Å². The molecule has 0 saturated carbocycles. The zero-order valence-corrected chi connectivity index (χ0v) is 29.4. The van der Waals surface area contributed by atoms with Gasteiger partial charge >= 0.3 is 6.03 Å². The van der Waals surface area contributed by atoms with E-state index in [1.54, 1.807) is 40.4 Å². The number of piperazine rings is 1. The smallest absolute Gasteiger partial charge is 0.340 e. The predicted octanol–water partition coefficient (Wildman–Crippen LogP) is 5.14. The van der Waals surface area contributed by atoms with Crippen molar-refractivity contribution in [1.82, 2.24) is 40.1 Å². The Bertz CT molecular complexity index is 1690. The molecule has 1 aliphatic carbocycles. The SMILES string of the molecule is CCC(C)N1C(=O)N(C2(N3CCNCC3)C=CC=CC2)C(c2ccccc2)(C2COC(Cn3cncn3)(c3ccc(Cl)cc3Cl)O2)N1OC. The standard InChI is InChI=1S/C35H42Cl2N8O4/c1-4-26(2)43-32(46)44(33(15-9-6-10-16-33)41-19-17-38-18-20-41)35(45(43)47-3,27-11-7-5-8-12-27)31-22-48-34(49-31,23-42-25-39-24-40-42)29-14-13-28(36)21-30(29)37/h5-15,21,24-26,31,38H,4,16-20,22-23H2,1-3H3. The molecule has 12 nitrogen and oxygen atoms in total. The molecule has 3 saturated heterocycles. The number of carbonyl (C=O) groups is 1. The van der Waals surface area contributed by atoms with Crippen LogP contribution < -0.4 is 5.32 Å². The lowest BCUT2D eigenvalue weighted by Crippen LogP contribution is -2.72. The van der Waals surface area contributed by atoms with Crippen LogP contribution in [0, 0.1) is 0 Å². The summed E-state index contributed by atoms with van der Waals surface area (Å²) in [4.78, 5) is 30.4. The number of hydroxylamine groups is 1. The first-order valence-electron chi connectivity index (χ1n) is 16.7. The second-order valence-electron chi connectivity index (χ2n) is 12.8. The van der Waals surface area contributed by atoms with Crippen molar-refractivity contribution in [2.75, 3.05) is 39.9 Å². The quantitative estimate of drug-likeness (QED) is 0.307. The van der Waals surface area contributed by atoms with Crippen LogP contribution in [0.4, 0.5) is 4.79 Å². The summed E-state index contributed by atoms with van der Waals surface area (Å²) in [6.45, 7) is 7.38. The lowest BCUT2D eigenvalue weighted by molar-refractivity contribution is -0.344. The Morgan fingerprint density at radius 2 is 1.92 bits per heavy atom. The van der Waals surface area contributed by atoms with Crippen molar-refractivity contribution in [1.29, 1.82) is 0 Å². The number of allylic oxidation sites excluding steroid dienone is 2. The Balaban J connectivity index is 1.47. The maximum atomic E-state index is 15.4. The number of ether oxygens (including phenoxy) is 2. The molecule has 1 aromatic heterocycles. The largest absolute Gasteiger partial charge is 0.341 e. The summed E-state index contributed by atoms with van der Waals surface area (Å²) >= 11 is 13.3. The van der Waals surface area contributed by atoms with Crippen LogP contribution in [0.1, 0.15) is 37.8 Å². The molecule has 3 aliphatic heterocycles. The van der Waals surface area contributed by atoms with Gasteiger partial charge < -0.3 is 14.8 Å². The number of nitrogens with zero attached hydrogens (tertiary/aromatic N) is 7. The average Bonchev–Trinajstić information content (AvgIpc) is 3.87. The molecule has 1 N–H and O–H groups in total. The second kappa shape index (κ2) is 13.8. The summed E-state index contributed by atoms with van der Waals surface area (Å²) in [5.41, 5.74) is -0.849. The molecule has 0 spiro atoms. The number of hydrazine groups is 1. The zero-order valence-electron chi connectivity index (χ0n) is 27.9. The molecule has 7 rings (SSSR count).